The summed E-state index contributed by atoms with van der Waals surface area (Å²) in [7, 11) is 2.23. The van der Waals surface area contributed by atoms with Crippen LogP contribution < -0.4 is 10.6 Å². The van der Waals surface area contributed by atoms with Gasteiger partial charge >= 0.3 is 0 Å². The van der Waals surface area contributed by atoms with Gasteiger partial charge in [0.25, 0.3) is 0 Å². The van der Waals surface area contributed by atoms with Gasteiger partial charge in [-0.3, -0.25) is 0 Å². The van der Waals surface area contributed by atoms with E-state index in [1.165, 1.54) is 36.9 Å². The summed E-state index contributed by atoms with van der Waals surface area (Å²) in [6.45, 7) is 6.84. The molecule has 1 atom stereocenters. The van der Waals surface area contributed by atoms with Gasteiger partial charge in [0.15, 0.2) is 0 Å². The highest BCUT2D eigenvalue weighted by molar-refractivity contribution is 5.55. The summed E-state index contributed by atoms with van der Waals surface area (Å²) in [4.78, 5) is 2.45. The molecule has 2 rings (SSSR count). The van der Waals surface area contributed by atoms with Crippen LogP contribution >= 0.6 is 0 Å². The largest absolute Gasteiger partial charge is 0.371 e. The molecule has 19 heavy (non-hydrogen) atoms. The molecule has 0 aliphatic heterocycles. The van der Waals surface area contributed by atoms with Crippen LogP contribution in [0.3, 0.4) is 0 Å². The molecule has 1 saturated carbocycles. The Kier molecular flexibility index (Phi) is 4.19. The minimum absolute atomic E-state index is 0.0960. The van der Waals surface area contributed by atoms with Crippen molar-refractivity contribution in [2.75, 3.05) is 11.9 Å². The van der Waals surface area contributed by atoms with Gasteiger partial charge in [-0.25, -0.2) is 0 Å². The Labute approximate surface area is 118 Å². The van der Waals surface area contributed by atoms with Gasteiger partial charge in [0.1, 0.15) is 0 Å². The summed E-state index contributed by atoms with van der Waals surface area (Å²) in [5, 5.41) is 0. The third kappa shape index (κ3) is 3.30. The van der Waals surface area contributed by atoms with Crippen LogP contribution in [0.4, 0.5) is 5.69 Å². The highest BCUT2D eigenvalue weighted by atomic mass is 15.1. The fourth-order valence-electron chi connectivity index (χ4n) is 3.16. The number of anilines is 1. The Morgan fingerprint density at radius 2 is 1.79 bits per heavy atom. The predicted octanol–water partition coefficient (Wildman–Crippen LogP) is 4.11. The SMILES string of the molecule is C[C@H](N)c1ccccc1N(C)C1CCC(C)(C)CC1. The summed E-state index contributed by atoms with van der Waals surface area (Å²) in [5.74, 6) is 0. The molecule has 1 aliphatic carbocycles. The standard InChI is InChI=1S/C17H28N2/c1-13(18)15-7-5-6-8-16(15)19(4)14-9-11-17(2,3)12-10-14/h5-8,13-14H,9-12,18H2,1-4H3/t13-/m0/s1. The smallest absolute Gasteiger partial charge is 0.0414 e. The van der Waals surface area contributed by atoms with Gasteiger partial charge < -0.3 is 10.6 Å². The Morgan fingerprint density at radius 1 is 1.21 bits per heavy atom. The van der Waals surface area contributed by atoms with E-state index < -0.39 is 0 Å². The topological polar surface area (TPSA) is 29.3 Å². The molecule has 0 saturated heterocycles. The molecule has 1 fully saturated rings. The average Bonchev–Trinajstić information content (AvgIpc) is 2.38. The van der Waals surface area contributed by atoms with Crippen molar-refractivity contribution in [3.63, 3.8) is 0 Å². The molecule has 1 aliphatic rings. The van der Waals surface area contributed by atoms with Gasteiger partial charge in [0.05, 0.1) is 0 Å². The zero-order chi connectivity index (χ0) is 14.0. The average molecular weight is 260 g/mol. The summed E-state index contributed by atoms with van der Waals surface area (Å²) in [6.07, 6.45) is 5.22. The number of nitrogens with zero attached hydrogens (tertiary/aromatic N) is 1. The van der Waals surface area contributed by atoms with Crippen LogP contribution in [0.2, 0.25) is 0 Å². The molecular weight excluding hydrogens is 232 g/mol. The normalized spacial score (nSPS) is 21.1. The lowest BCUT2D eigenvalue weighted by Gasteiger charge is -2.40. The molecule has 1 aromatic carbocycles. The van der Waals surface area contributed by atoms with Crippen LogP contribution in [-0.2, 0) is 0 Å². The van der Waals surface area contributed by atoms with Crippen molar-refractivity contribution < 1.29 is 0 Å². The van der Waals surface area contributed by atoms with Gasteiger partial charge in [-0.2, -0.15) is 0 Å². The van der Waals surface area contributed by atoms with Crippen molar-refractivity contribution in [2.45, 2.75) is 58.5 Å². The van der Waals surface area contributed by atoms with Crippen LogP contribution in [0.15, 0.2) is 24.3 Å². The maximum Gasteiger partial charge on any atom is 0.0414 e. The van der Waals surface area contributed by atoms with Crippen LogP contribution in [0.5, 0.6) is 0 Å². The summed E-state index contributed by atoms with van der Waals surface area (Å²) >= 11 is 0. The third-order valence-electron chi connectivity index (χ3n) is 4.66. The first kappa shape index (κ1) is 14.4. The lowest BCUT2D eigenvalue weighted by atomic mass is 9.75. The highest BCUT2D eigenvalue weighted by Crippen LogP contribution is 2.38. The number of para-hydroxylation sites is 1. The van der Waals surface area contributed by atoms with E-state index in [4.69, 9.17) is 5.73 Å². The zero-order valence-corrected chi connectivity index (χ0v) is 12.8. The van der Waals surface area contributed by atoms with Gasteiger partial charge in [-0.1, -0.05) is 32.0 Å². The van der Waals surface area contributed by atoms with Crippen molar-refractivity contribution in [1.82, 2.24) is 0 Å². The van der Waals surface area contributed by atoms with Gasteiger partial charge in [0, 0.05) is 24.8 Å². The molecule has 2 N–H and O–H groups in total. The monoisotopic (exact) mass is 260 g/mol. The van der Waals surface area contributed by atoms with Crippen molar-refractivity contribution in [2.24, 2.45) is 11.1 Å². The first-order chi connectivity index (χ1) is 8.91. The van der Waals surface area contributed by atoms with Gasteiger partial charge in [-0.05, 0) is 49.7 Å². The van der Waals surface area contributed by atoms with E-state index in [1.807, 2.05) is 0 Å². The first-order valence-corrected chi connectivity index (χ1v) is 7.48. The molecule has 0 amide bonds. The van der Waals surface area contributed by atoms with E-state index in [9.17, 15) is 0 Å². The Balaban J connectivity index is 2.14. The number of benzene rings is 1. The second kappa shape index (κ2) is 5.54. The third-order valence-corrected chi connectivity index (χ3v) is 4.66. The lowest BCUT2D eigenvalue weighted by Crippen LogP contribution is -2.37. The van der Waals surface area contributed by atoms with Gasteiger partial charge in [-0.15, -0.1) is 0 Å². The van der Waals surface area contributed by atoms with Crippen molar-refractivity contribution in [3.8, 4) is 0 Å². The molecule has 0 spiro atoms. The molecule has 0 unspecified atom stereocenters. The lowest BCUT2D eigenvalue weighted by molar-refractivity contribution is 0.222. The molecule has 0 radical (unpaired) electrons. The fourth-order valence-corrected chi connectivity index (χ4v) is 3.16. The van der Waals surface area contributed by atoms with E-state index >= 15 is 0 Å². The second-order valence-corrected chi connectivity index (χ2v) is 6.85. The number of nitrogens with two attached hydrogens (primary N) is 1. The minimum atomic E-state index is 0.0960. The number of hydrogen-bond donors (Lipinski definition) is 1. The van der Waals surface area contributed by atoms with Crippen molar-refractivity contribution in [1.29, 1.82) is 0 Å². The minimum Gasteiger partial charge on any atom is -0.371 e. The Hall–Kier alpha value is -1.02. The second-order valence-electron chi connectivity index (χ2n) is 6.85. The molecule has 2 heteroatoms. The fraction of sp³-hybridized carbons (Fsp3) is 0.647. The highest BCUT2D eigenvalue weighted by Gasteiger charge is 2.29. The van der Waals surface area contributed by atoms with E-state index in [0.29, 0.717) is 11.5 Å². The molecule has 106 valence electrons. The van der Waals surface area contributed by atoms with E-state index in [-0.39, 0.29) is 6.04 Å². The van der Waals surface area contributed by atoms with E-state index in [0.717, 1.165) is 0 Å². The van der Waals surface area contributed by atoms with Crippen LogP contribution in [0.1, 0.15) is 58.1 Å². The summed E-state index contributed by atoms with van der Waals surface area (Å²) in [5.41, 5.74) is 9.19. The van der Waals surface area contributed by atoms with E-state index in [1.54, 1.807) is 0 Å². The van der Waals surface area contributed by atoms with Crippen molar-refractivity contribution >= 4 is 5.69 Å². The van der Waals surface area contributed by atoms with E-state index in [2.05, 4.69) is 57.0 Å². The van der Waals surface area contributed by atoms with Crippen LogP contribution in [0, 0.1) is 5.41 Å². The predicted molar refractivity (Wildman–Crippen MR) is 83.5 cm³/mol. The molecule has 0 aromatic heterocycles. The molecule has 0 heterocycles. The van der Waals surface area contributed by atoms with Crippen LogP contribution in [0.25, 0.3) is 0 Å². The summed E-state index contributed by atoms with van der Waals surface area (Å²) < 4.78 is 0. The molecule has 0 bridgehead atoms. The first-order valence-electron chi connectivity index (χ1n) is 7.48. The molecule has 1 aromatic rings. The number of hydrogen-bond acceptors (Lipinski definition) is 2. The Morgan fingerprint density at radius 3 is 2.37 bits per heavy atom. The Bertz CT molecular complexity index is 413. The molecule has 2 nitrogen and oxygen atoms in total. The zero-order valence-electron chi connectivity index (χ0n) is 12.8. The summed E-state index contributed by atoms with van der Waals surface area (Å²) in [6, 6.07) is 9.32. The van der Waals surface area contributed by atoms with Crippen LogP contribution in [-0.4, -0.2) is 13.1 Å². The van der Waals surface area contributed by atoms with Gasteiger partial charge in [0.2, 0.25) is 0 Å². The van der Waals surface area contributed by atoms with Crippen molar-refractivity contribution in [3.05, 3.63) is 29.8 Å². The maximum absolute atomic E-state index is 6.10. The number of rotatable bonds is 3. The quantitative estimate of drug-likeness (QED) is 0.886. The molecular formula is C17H28N2. The maximum atomic E-state index is 6.10.